The summed E-state index contributed by atoms with van der Waals surface area (Å²) in [7, 11) is -8.86. The number of hydrogen-bond acceptors (Lipinski definition) is 4. The normalized spacial score (nSPS) is 15.3. The van der Waals surface area contributed by atoms with E-state index in [-0.39, 0.29) is 77.7 Å². The second kappa shape index (κ2) is 13.7. The molecule has 38 heavy (non-hydrogen) atoms. The van der Waals surface area contributed by atoms with E-state index >= 15 is 0 Å². The van der Waals surface area contributed by atoms with Gasteiger partial charge in [-0.05, 0) is 28.8 Å². The van der Waals surface area contributed by atoms with Gasteiger partial charge < -0.3 is 2.85 Å². The van der Waals surface area contributed by atoms with Gasteiger partial charge >= 0.3 is 59.1 Å². The van der Waals surface area contributed by atoms with E-state index in [2.05, 4.69) is 0 Å². The molecule has 0 saturated heterocycles. The molecule has 0 unspecified atom stereocenters. The Kier molecular flexibility index (Phi) is 11.8. The van der Waals surface area contributed by atoms with E-state index in [1.54, 1.807) is 48.6 Å². The molecule has 0 radical (unpaired) electrons. The minimum atomic E-state index is -4.43. The molecule has 0 atom stereocenters. The van der Waals surface area contributed by atoms with Crippen molar-refractivity contribution in [2.75, 3.05) is 0 Å². The third-order valence-electron chi connectivity index (χ3n) is 5.87. The Morgan fingerprint density at radius 3 is 1.45 bits per heavy atom. The van der Waals surface area contributed by atoms with Crippen LogP contribution in [0.3, 0.4) is 0 Å². The molecule has 0 aliphatic heterocycles. The van der Waals surface area contributed by atoms with Crippen LogP contribution in [0.15, 0.2) is 125 Å². The van der Waals surface area contributed by atoms with Gasteiger partial charge in [0, 0.05) is 11.3 Å². The van der Waals surface area contributed by atoms with Crippen LogP contribution in [-0.2, 0) is 20.2 Å². The van der Waals surface area contributed by atoms with Crippen molar-refractivity contribution in [3.63, 3.8) is 0 Å². The number of rotatable bonds is 7. The van der Waals surface area contributed by atoms with E-state index in [1.165, 1.54) is 24.3 Å². The smallest absolute Gasteiger partial charge is 1.00 e. The third kappa shape index (κ3) is 8.22. The first-order valence-electron chi connectivity index (χ1n) is 11.0. The Bertz CT molecular complexity index is 1500. The maximum absolute atomic E-state index is 11.8. The minimum Gasteiger partial charge on any atom is -1.00 e. The average Bonchev–Trinajstić information content (AvgIpc) is 2.87. The molecule has 0 spiro atoms. The van der Waals surface area contributed by atoms with Gasteiger partial charge in [-0.2, -0.15) is 16.8 Å². The zero-order valence-electron chi connectivity index (χ0n) is 23.0. The second-order valence-electron chi connectivity index (χ2n) is 8.35. The fraction of sp³-hybridized carbons (Fsp3) is 0.0714. The zero-order chi connectivity index (χ0) is 25.8. The fourth-order valence-electron chi connectivity index (χ4n) is 4.01. The van der Waals surface area contributed by atoms with E-state index in [0.717, 1.165) is 5.56 Å². The van der Waals surface area contributed by atoms with Crippen molar-refractivity contribution in [1.29, 1.82) is 0 Å². The zero-order valence-corrected chi connectivity index (χ0v) is 26.7. The van der Waals surface area contributed by atoms with Crippen molar-refractivity contribution in [1.82, 2.24) is 0 Å². The van der Waals surface area contributed by atoms with Gasteiger partial charge in [-0.15, -0.1) is 0 Å². The third-order valence-corrected chi connectivity index (χ3v) is 7.72. The van der Waals surface area contributed by atoms with E-state index in [4.69, 9.17) is 0 Å². The molecular formula is C28H26Na2O6S2. The molecule has 0 aromatic heterocycles. The van der Waals surface area contributed by atoms with Gasteiger partial charge in [-0.25, -0.2) is 0 Å². The minimum absolute atomic E-state index is 0. The van der Waals surface area contributed by atoms with Gasteiger partial charge in [0.05, 0.1) is 0 Å². The van der Waals surface area contributed by atoms with Gasteiger partial charge in [-0.3, -0.25) is 9.11 Å². The van der Waals surface area contributed by atoms with Crippen LogP contribution in [0.1, 0.15) is 25.5 Å². The predicted octanol–water partition coefficient (Wildman–Crippen LogP) is 0.0358. The molecule has 0 bridgehead atoms. The first-order chi connectivity index (χ1) is 17.1. The molecule has 1 aliphatic carbocycles. The summed E-state index contributed by atoms with van der Waals surface area (Å²) in [6, 6.07) is 22.0. The van der Waals surface area contributed by atoms with Gasteiger partial charge in [-0.1, -0.05) is 115 Å². The van der Waals surface area contributed by atoms with Gasteiger partial charge in [0.1, 0.15) is 9.79 Å². The van der Waals surface area contributed by atoms with Gasteiger partial charge in [0.2, 0.25) is 0 Å². The summed E-state index contributed by atoms with van der Waals surface area (Å²) < 4.78 is 66.5. The molecule has 0 saturated carbocycles. The summed E-state index contributed by atoms with van der Waals surface area (Å²) in [5, 5.41) is 0. The SMILES string of the molecule is O=S(=O)(O)c1ccccc1/C=C/C1(/C=C/c2ccccc2S(=O)(=O)O)C=CC(c2ccccc2)C=C1.[H-].[H-].[Na+].[Na+]. The van der Waals surface area contributed by atoms with E-state index in [1.807, 2.05) is 54.6 Å². The Morgan fingerprint density at radius 2 is 1.03 bits per heavy atom. The van der Waals surface area contributed by atoms with Crippen molar-refractivity contribution >= 4 is 32.4 Å². The van der Waals surface area contributed by atoms with Gasteiger partial charge in [0.15, 0.2) is 0 Å². The Labute approximate surface area is 270 Å². The van der Waals surface area contributed by atoms with Crippen LogP contribution in [0.25, 0.3) is 12.2 Å². The van der Waals surface area contributed by atoms with Crippen molar-refractivity contribution in [2.45, 2.75) is 15.7 Å². The maximum Gasteiger partial charge on any atom is 1.00 e. The maximum atomic E-state index is 11.8. The van der Waals surface area contributed by atoms with Crippen molar-refractivity contribution < 1.29 is 87.9 Å². The van der Waals surface area contributed by atoms with Crippen LogP contribution in [-0.4, -0.2) is 25.9 Å². The summed E-state index contributed by atoms with van der Waals surface area (Å²) in [6.45, 7) is 0. The van der Waals surface area contributed by atoms with Crippen molar-refractivity contribution in [3.8, 4) is 0 Å². The van der Waals surface area contributed by atoms with E-state index < -0.39 is 25.7 Å². The molecule has 4 rings (SSSR count). The molecule has 6 nitrogen and oxygen atoms in total. The molecule has 0 fully saturated rings. The summed E-state index contributed by atoms with van der Waals surface area (Å²) >= 11 is 0. The quantitative estimate of drug-likeness (QED) is 0.237. The molecule has 3 aromatic carbocycles. The first kappa shape index (κ1) is 32.7. The summed E-state index contributed by atoms with van der Waals surface area (Å²) in [6.07, 6.45) is 14.6. The molecule has 3 aromatic rings. The second-order valence-corrected chi connectivity index (χ2v) is 11.1. The predicted molar refractivity (Wildman–Crippen MR) is 143 cm³/mol. The van der Waals surface area contributed by atoms with E-state index in [9.17, 15) is 25.9 Å². The molecule has 188 valence electrons. The van der Waals surface area contributed by atoms with Crippen molar-refractivity contribution in [2.24, 2.45) is 5.41 Å². The first-order valence-corrected chi connectivity index (χ1v) is 13.9. The molecule has 0 amide bonds. The topological polar surface area (TPSA) is 109 Å². The fourth-order valence-corrected chi connectivity index (χ4v) is 5.38. The average molecular weight is 569 g/mol. The molecular weight excluding hydrogens is 542 g/mol. The van der Waals surface area contributed by atoms with E-state index in [0.29, 0.717) is 11.1 Å². The van der Waals surface area contributed by atoms with Crippen molar-refractivity contribution in [3.05, 3.63) is 132 Å². The van der Waals surface area contributed by atoms with Crippen LogP contribution < -0.4 is 59.1 Å². The standard InChI is InChI=1S/C28H24O6S2.2Na.2H/c29-35(30,31)26-12-6-4-10-24(26)16-20-28(18-14-23(15-19-28)22-8-2-1-3-9-22)21-17-25-11-5-7-13-27(25)36(32,33)34;;;;/h1-21,23H,(H,29,30,31)(H,32,33,34);;;;/q;2*+1;2*-1/b20-16+,21-17+;;;;. The summed E-state index contributed by atoms with van der Waals surface area (Å²) in [4.78, 5) is -0.439. The van der Waals surface area contributed by atoms with Crippen LogP contribution in [0.4, 0.5) is 0 Å². The largest absolute Gasteiger partial charge is 1.00 e. The number of allylic oxidation sites excluding steroid dienone is 6. The van der Waals surface area contributed by atoms with Gasteiger partial charge in [0.25, 0.3) is 20.2 Å². The monoisotopic (exact) mass is 568 g/mol. The molecule has 0 heterocycles. The number of benzene rings is 3. The molecule has 2 N–H and O–H groups in total. The van der Waals surface area contributed by atoms with Crippen LogP contribution in [0.2, 0.25) is 0 Å². The summed E-state index contributed by atoms with van der Waals surface area (Å²) in [5.74, 6) is 0.0244. The van der Waals surface area contributed by atoms with Crippen LogP contribution >= 0.6 is 0 Å². The Balaban J connectivity index is 0.00000380. The number of hydrogen-bond donors (Lipinski definition) is 2. The van der Waals surface area contributed by atoms with Crippen LogP contribution in [0, 0.1) is 5.41 Å². The molecule has 1 aliphatic rings. The summed E-state index contributed by atoms with van der Waals surface area (Å²) in [5.41, 5.74) is 0.861. The van der Waals surface area contributed by atoms with Crippen LogP contribution in [0.5, 0.6) is 0 Å². The molecule has 10 heteroatoms. The Hall–Kier alpha value is -1.56. The Morgan fingerprint density at radius 1 is 0.632 bits per heavy atom.